The molecule has 2 N–H and O–H groups in total. The standard InChI is InChI=1S/C16H14FN3/c1-10-6-11(8-12(17)7-10)16(18)15-9-19-13-4-2-3-5-14(13)20-15/h2-9,16H,18H2,1H3. The number of nitrogens with two attached hydrogens (primary N) is 1. The van der Waals surface area contributed by atoms with Gasteiger partial charge in [-0.15, -0.1) is 0 Å². The molecule has 4 heteroatoms. The number of benzene rings is 2. The molecule has 1 heterocycles. The molecule has 1 aromatic heterocycles. The van der Waals surface area contributed by atoms with Gasteiger partial charge in [0.25, 0.3) is 0 Å². The first kappa shape index (κ1) is 12.7. The van der Waals surface area contributed by atoms with E-state index < -0.39 is 6.04 Å². The Bertz CT molecular complexity index is 750. The van der Waals surface area contributed by atoms with Gasteiger partial charge in [0.2, 0.25) is 0 Å². The van der Waals surface area contributed by atoms with Crippen molar-refractivity contribution < 1.29 is 4.39 Å². The summed E-state index contributed by atoms with van der Waals surface area (Å²) >= 11 is 0. The van der Waals surface area contributed by atoms with Crippen molar-refractivity contribution in [2.24, 2.45) is 5.73 Å². The summed E-state index contributed by atoms with van der Waals surface area (Å²) in [5.41, 5.74) is 9.95. The van der Waals surface area contributed by atoms with E-state index in [1.165, 1.54) is 12.1 Å². The predicted molar refractivity (Wildman–Crippen MR) is 76.7 cm³/mol. The zero-order valence-corrected chi connectivity index (χ0v) is 11.0. The van der Waals surface area contributed by atoms with Gasteiger partial charge in [0, 0.05) is 0 Å². The maximum Gasteiger partial charge on any atom is 0.123 e. The number of halogens is 1. The Morgan fingerprint density at radius 3 is 2.60 bits per heavy atom. The third-order valence-corrected chi connectivity index (χ3v) is 3.21. The highest BCUT2D eigenvalue weighted by molar-refractivity contribution is 5.73. The molecule has 0 amide bonds. The molecule has 0 spiro atoms. The number of para-hydroxylation sites is 2. The first-order valence-corrected chi connectivity index (χ1v) is 6.38. The number of hydrogen-bond donors (Lipinski definition) is 1. The fraction of sp³-hybridized carbons (Fsp3) is 0.125. The average molecular weight is 267 g/mol. The molecule has 0 aliphatic heterocycles. The molecule has 2 aromatic carbocycles. The highest BCUT2D eigenvalue weighted by Crippen LogP contribution is 2.21. The molecule has 3 nitrogen and oxygen atoms in total. The van der Waals surface area contributed by atoms with Crippen molar-refractivity contribution in [2.75, 3.05) is 0 Å². The van der Waals surface area contributed by atoms with Crippen LogP contribution in [0.25, 0.3) is 11.0 Å². The minimum Gasteiger partial charge on any atom is -0.319 e. The van der Waals surface area contributed by atoms with Gasteiger partial charge in [0.05, 0.1) is 29.0 Å². The quantitative estimate of drug-likeness (QED) is 0.776. The monoisotopic (exact) mass is 267 g/mol. The number of fused-ring (bicyclic) bond motifs is 1. The van der Waals surface area contributed by atoms with Crippen molar-refractivity contribution >= 4 is 11.0 Å². The second kappa shape index (κ2) is 4.98. The zero-order chi connectivity index (χ0) is 14.1. The predicted octanol–water partition coefficient (Wildman–Crippen LogP) is 3.13. The van der Waals surface area contributed by atoms with Crippen molar-refractivity contribution in [3.8, 4) is 0 Å². The summed E-state index contributed by atoms with van der Waals surface area (Å²) in [7, 11) is 0. The second-order valence-electron chi connectivity index (χ2n) is 4.82. The van der Waals surface area contributed by atoms with E-state index in [2.05, 4.69) is 9.97 Å². The summed E-state index contributed by atoms with van der Waals surface area (Å²) in [4.78, 5) is 8.84. The number of aromatic nitrogens is 2. The Labute approximate surface area is 116 Å². The Hall–Kier alpha value is -2.33. The van der Waals surface area contributed by atoms with Crippen molar-refractivity contribution in [1.82, 2.24) is 9.97 Å². The summed E-state index contributed by atoms with van der Waals surface area (Å²) in [6, 6.07) is 11.9. The highest BCUT2D eigenvalue weighted by atomic mass is 19.1. The largest absolute Gasteiger partial charge is 0.319 e. The summed E-state index contributed by atoms with van der Waals surface area (Å²) in [6.45, 7) is 1.84. The molecule has 0 aliphatic rings. The molecule has 0 saturated heterocycles. The van der Waals surface area contributed by atoms with Crippen LogP contribution in [0.2, 0.25) is 0 Å². The maximum absolute atomic E-state index is 13.5. The normalized spacial score (nSPS) is 12.6. The van der Waals surface area contributed by atoms with Crippen molar-refractivity contribution in [2.45, 2.75) is 13.0 Å². The van der Waals surface area contributed by atoms with Crippen LogP contribution in [0.15, 0.2) is 48.7 Å². The fourth-order valence-corrected chi connectivity index (χ4v) is 2.24. The maximum atomic E-state index is 13.5. The van der Waals surface area contributed by atoms with E-state index in [1.807, 2.05) is 37.3 Å². The summed E-state index contributed by atoms with van der Waals surface area (Å²) in [5.74, 6) is -0.288. The second-order valence-corrected chi connectivity index (χ2v) is 4.82. The van der Waals surface area contributed by atoms with E-state index in [4.69, 9.17) is 5.73 Å². The Kier molecular flexibility index (Phi) is 3.16. The lowest BCUT2D eigenvalue weighted by molar-refractivity contribution is 0.621. The van der Waals surface area contributed by atoms with Crippen LogP contribution in [0.3, 0.4) is 0 Å². The smallest absolute Gasteiger partial charge is 0.123 e. The molecule has 0 saturated carbocycles. The molecule has 3 rings (SSSR count). The zero-order valence-electron chi connectivity index (χ0n) is 11.0. The van der Waals surface area contributed by atoms with Crippen molar-refractivity contribution in [3.63, 3.8) is 0 Å². The van der Waals surface area contributed by atoms with Crippen molar-refractivity contribution in [3.05, 3.63) is 71.3 Å². The summed E-state index contributed by atoms with van der Waals surface area (Å²) < 4.78 is 13.5. The molecule has 20 heavy (non-hydrogen) atoms. The van der Waals surface area contributed by atoms with Gasteiger partial charge in [-0.3, -0.25) is 4.98 Å². The third-order valence-electron chi connectivity index (χ3n) is 3.21. The van der Waals surface area contributed by atoms with Gasteiger partial charge in [-0.2, -0.15) is 0 Å². The van der Waals surface area contributed by atoms with Crippen LogP contribution in [-0.4, -0.2) is 9.97 Å². The van der Waals surface area contributed by atoms with Crippen LogP contribution in [-0.2, 0) is 0 Å². The third kappa shape index (κ3) is 2.38. The minimum absolute atomic E-state index is 0.288. The summed E-state index contributed by atoms with van der Waals surface area (Å²) in [5, 5.41) is 0. The van der Waals surface area contributed by atoms with Gasteiger partial charge in [-0.05, 0) is 42.3 Å². The number of nitrogens with zero attached hydrogens (tertiary/aromatic N) is 2. The summed E-state index contributed by atoms with van der Waals surface area (Å²) in [6.07, 6.45) is 1.65. The first-order valence-electron chi connectivity index (χ1n) is 6.38. The van der Waals surface area contributed by atoms with E-state index in [1.54, 1.807) is 6.20 Å². The van der Waals surface area contributed by atoms with Crippen LogP contribution in [0.4, 0.5) is 4.39 Å². The SMILES string of the molecule is Cc1cc(F)cc(C(N)c2cnc3ccccc3n2)c1. The van der Waals surface area contributed by atoms with Gasteiger partial charge in [-0.1, -0.05) is 18.2 Å². The lowest BCUT2D eigenvalue weighted by atomic mass is 10.0. The fourth-order valence-electron chi connectivity index (χ4n) is 2.24. The van der Waals surface area contributed by atoms with E-state index in [0.29, 0.717) is 11.3 Å². The van der Waals surface area contributed by atoms with Crippen LogP contribution in [0.5, 0.6) is 0 Å². The molecule has 0 radical (unpaired) electrons. The lowest BCUT2D eigenvalue weighted by Crippen LogP contribution is -2.14. The molecular formula is C16H14FN3. The topological polar surface area (TPSA) is 51.8 Å². The van der Waals surface area contributed by atoms with Crippen LogP contribution >= 0.6 is 0 Å². The van der Waals surface area contributed by atoms with E-state index >= 15 is 0 Å². The molecule has 3 aromatic rings. The molecular weight excluding hydrogens is 253 g/mol. The van der Waals surface area contributed by atoms with Crippen LogP contribution in [0, 0.1) is 12.7 Å². The van der Waals surface area contributed by atoms with E-state index in [0.717, 1.165) is 16.6 Å². The Morgan fingerprint density at radius 1 is 1.10 bits per heavy atom. The van der Waals surface area contributed by atoms with Gasteiger partial charge in [0.1, 0.15) is 5.82 Å². The highest BCUT2D eigenvalue weighted by Gasteiger charge is 2.13. The Balaban J connectivity index is 2.05. The lowest BCUT2D eigenvalue weighted by Gasteiger charge is -2.12. The van der Waals surface area contributed by atoms with Gasteiger partial charge in [-0.25, -0.2) is 9.37 Å². The number of aryl methyl sites for hydroxylation is 1. The minimum atomic E-state index is -0.485. The van der Waals surface area contributed by atoms with Crippen molar-refractivity contribution in [1.29, 1.82) is 0 Å². The van der Waals surface area contributed by atoms with E-state index in [-0.39, 0.29) is 5.82 Å². The van der Waals surface area contributed by atoms with Gasteiger partial charge >= 0.3 is 0 Å². The first-order chi connectivity index (χ1) is 9.63. The van der Waals surface area contributed by atoms with E-state index in [9.17, 15) is 4.39 Å². The molecule has 100 valence electrons. The molecule has 1 unspecified atom stereocenters. The molecule has 0 aliphatic carbocycles. The van der Waals surface area contributed by atoms with Gasteiger partial charge < -0.3 is 5.73 Å². The molecule has 0 bridgehead atoms. The number of rotatable bonds is 2. The van der Waals surface area contributed by atoms with Gasteiger partial charge in [0.15, 0.2) is 0 Å². The molecule has 1 atom stereocenters. The number of hydrogen-bond acceptors (Lipinski definition) is 3. The Morgan fingerprint density at radius 2 is 1.85 bits per heavy atom. The van der Waals surface area contributed by atoms with Crippen LogP contribution in [0.1, 0.15) is 22.9 Å². The van der Waals surface area contributed by atoms with Crippen LogP contribution < -0.4 is 5.73 Å². The molecule has 0 fully saturated rings. The average Bonchev–Trinajstić information content (AvgIpc) is 2.45.